The molecule has 0 aromatic heterocycles. The molecule has 0 bridgehead atoms. The maximum absolute atomic E-state index is 7.32. The van der Waals surface area contributed by atoms with Crippen molar-refractivity contribution in [2.24, 2.45) is 23.7 Å². The van der Waals surface area contributed by atoms with Crippen molar-refractivity contribution in [1.29, 1.82) is 5.26 Å². The summed E-state index contributed by atoms with van der Waals surface area (Å²) < 4.78 is 0. The summed E-state index contributed by atoms with van der Waals surface area (Å²) in [5.41, 5.74) is 0. The lowest BCUT2D eigenvalue weighted by Crippen LogP contribution is -2.16. The SMILES string of the molecule is CC#N.CC1CC(C)CC(C)C1.CC1CCCCC1. The summed E-state index contributed by atoms with van der Waals surface area (Å²) in [6.45, 7) is 10.9. The van der Waals surface area contributed by atoms with Crippen LogP contribution in [0, 0.1) is 35.0 Å². The lowest BCUT2D eigenvalue weighted by molar-refractivity contribution is 0.233. The molecule has 1 nitrogen and oxygen atoms in total. The van der Waals surface area contributed by atoms with Crippen molar-refractivity contribution in [2.75, 3.05) is 0 Å². The molecule has 0 heterocycles. The molecular formula is C18H35N. The Morgan fingerprint density at radius 1 is 0.684 bits per heavy atom. The van der Waals surface area contributed by atoms with Crippen LogP contribution >= 0.6 is 0 Å². The molecule has 0 N–H and O–H groups in total. The summed E-state index contributed by atoms with van der Waals surface area (Å²) in [6, 6.07) is 1.75. The Hall–Kier alpha value is -0.510. The highest BCUT2D eigenvalue weighted by Gasteiger charge is 2.19. The molecular weight excluding hydrogens is 230 g/mol. The molecule has 0 spiro atoms. The first kappa shape index (κ1) is 18.5. The first-order valence-corrected chi connectivity index (χ1v) is 8.30. The summed E-state index contributed by atoms with van der Waals surface area (Å²) in [5, 5.41) is 7.32. The smallest absolute Gasteiger partial charge is 0.0587 e. The van der Waals surface area contributed by atoms with E-state index in [0.29, 0.717) is 0 Å². The van der Waals surface area contributed by atoms with E-state index in [1.807, 2.05) is 0 Å². The molecule has 2 saturated carbocycles. The monoisotopic (exact) mass is 265 g/mol. The summed E-state index contributed by atoms with van der Waals surface area (Å²) in [5.74, 6) is 4.00. The van der Waals surface area contributed by atoms with Crippen LogP contribution < -0.4 is 0 Å². The van der Waals surface area contributed by atoms with Crippen LogP contribution in [-0.4, -0.2) is 0 Å². The molecule has 0 amide bonds. The fourth-order valence-corrected chi connectivity index (χ4v) is 3.66. The van der Waals surface area contributed by atoms with Gasteiger partial charge in [-0.25, -0.2) is 0 Å². The van der Waals surface area contributed by atoms with Gasteiger partial charge in [-0.05, 0) is 42.9 Å². The van der Waals surface area contributed by atoms with Gasteiger partial charge in [-0.2, -0.15) is 5.26 Å². The van der Waals surface area contributed by atoms with Crippen molar-refractivity contribution in [3.05, 3.63) is 0 Å². The Bertz CT molecular complexity index is 210. The van der Waals surface area contributed by atoms with E-state index < -0.39 is 0 Å². The molecule has 0 saturated heterocycles. The van der Waals surface area contributed by atoms with Crippen LogP contribution in [0.3, 0.4) is 0 Å². The molecule has 0 aliphatic heterocycles. The first-order chi connectivity index (χ1) is 8.99. The van der Waals surface area contributed by atoms with Gasteiger partial charge in [0.15, 0.2) is 0 Å². The van der Waals surface area contributed by atoms with Crippen LogP contribution in [0.2, 0.25) is 0 Å². The molecule has 0 radical (unpaired) electrons. The predicted molar refractivity (Wildman–Crippen MR) is 84.9 cm³/mol. The minimum atomic E-state index is 0.990. The van der Waals surface area contributed by atoms with Gasteiger partial charge in [-0.3, -0.25) is 0 Å². The van der Waals surface area contributed by atoms with Crippen LogP contribution in [0.25, 0.3) is 0 Å². The van der Waals surface area contributed by atoms with Crippen molar-refractivity contribution in [2.45, 2.75) is 86.0 Å². The molecule has 2 aliphatic carbocycles. The molecule has 2 rings (SSSR count). The number of nitrogens with zero attached hydrogens (tertiary/aromatic N) is 1. The lowest BCUT2D eigenvalue weighted by atomic mass is 9.78. The largest absolute Gasteiger partial charge is 0.199 e. The second-order valence-electron chi connectivity index (χ2n) is 6.99. The molecule has 1 heteroatoms. The molecule has 0 unspecified atom stereocenters. The summed E-state index contributed by atoms with van der Waals surface area (Å²) in [4.78, 5) is 0. The van der Waals surface area contributed by atoms with Crippen LogP contribution in [0.15, 0.2) is 0 Å². The van der Waals surface area contributed by atoms with Crippen molar-refractivity contribution in [3.63, 3.8) is 0 Å². The standard InChI is InChI=1S/C9H18.C7H14.C2H3N/c1-7-4-8(2)6-9(3)5-7;1-7-5-3-2-4-6-7;1-2-3/h7-9H,4-6H2,1-3H3;7H,2-6H2,1H3;1H3. The highest BCUT2D eigenvalue weighted by Crippen LogP contribution is 2.31. The van der Waals surface area contributed by atoms with Crippen LogP contribution in [-0.2, 0) is 0 Å². The zero-order valence-electron chi connectivity index (χ0n) is 13.9. The quantitative estimate of drug-likeness (QED) is 0.512. The second kappa shape index (κ2) is 11.3. The van der Waals surface area contributed by atoms with E-state index in [9.17, 15) is 0 Å². The molecule has 0 atom stereocenters. The van der Waals surface area contributed by atoms with Gasteiger partial charge in [0.1, 0.15) is 0 Å². The van der Waals surface area contributed by atoms with E-state index in [1.54, 1.807) is 6.07 Å². The van der Waals surface area contributed by atoms with E-state index in [2.05, 4.69) is 27.7 Å². The van der Waals surface area contributed by atoms with Crippen molar-refractivity contribution in [1.82, 2.24) is 0 Å². The zero-order valence-corrected chi connectivity index (χ0v) is 13.9. The van der Waals surface area contributed by atoms with E-state index in [4.69, 9.17) is 5.26 Å². The van der Waals surface area contributed by atoms with Gasteiger partial charge in [0.25, 0.3) is 0 Å². The molecule has 0 aromatic carbocycles. The maximum atomic E-state index is 7.32. The van der Waals surface area contributed by atoms with Crippen LogP contribution in [0.1, 0.15) is 86.0 Å². The molecule has 19 heavy (non-hydrogen) atoms. The normalized spacial score (nSPS) is 31.1. The van der Waals surface area contributed by atoms with Crippen LogP contribution in [0.4, 0.5) is 0 Å². The fourth-order valence-electron chi connectivity index (χ4n) is 3.66. The van der Waals surface area contributed by atoms with Gasteiger partial charge in [-0.1, -0.05) is 59.8 Å². The van der Waals surface area contributed by atoms with Gasteiger partial charge in [0.2, 0.25) is 0 Å². The average Bonchev–Trinajstić information content (AvgIpc) is 2.29. The maximum Gasteiger partial charge on any atom is 0.0587 e. The third kappa shape index (κ3) is 11.0. The molecule has 0 aromatic rings. The third-order valence-corrected chi connectivity index (χ3v) is 4.31. The number of nitriles is 1. The number of rotatable bonds is 0. The number of hydrogen-bond donors (Lipinski definition) is 0. The second-order valence-corrected chi connectivity index (χ2v) is 6.99. The van der Waals surface area contributed by atoms with Gasteiger partial charge in [-0.15, -0.1) is 0 Å². The fraction of sp³-hybridized carbons (Fsp3) is 0.944. The van der Waals surface area contributed by atoms with Crippen molar-refractivity contribution >= 4 is 0 Å². The third-order valence-electron chi connectivity index (χ3n) is 4.31. The lowest BCUT2D eigenvalue weighted by Gasteiger charge is -2.28. The van der Waals surface area contributed by atoms with Gasteiger partial charge in [0.05, 0.1) is 6.07 Å². The van der Waals surface area contributed by atoms with E-state index in [1.165, 1.54) is 58.3 Å². The zero-order chi connectivity index (χ0) is 14.7. The Kier molecular flexibility index (Phi) is 11.0. The average molecular weight is 265 g/mol. The highest BCUT2D eigenvalue weighted by atomic mass is 14.3. The van der Waals surface area contributed by atoms with Crippen molar-refractivity contribution < 1.29 is 0 Å². The van der Waals surface area contributed by atoms with E-state index >= 15 is 0 Å². The first-order valence-electron chi connectivity index (χ1n) is 8.30. The Morgan fingerprint density at radius 2 is 1.00 bits per heavy atom. The summed E-state index contributed by atoms with van der Waals surface area (Å²) in [7, 11) is 0. The summed E-state index contributed by atoms with van der Waals surface area (Å²) in [6.07, 6.45) is 11.8. The molecule has 2 aliphatic rings. The molecule has 112 valence electrons. The van der Waals surface area contributed by atoms with E-state index in [0.717, 1.165) is 23.7 Å². The molecule has 2 fully saturated rings. The topological polar surface area (TPSA) is 23.8 Å². The van der Waals surface area contributed by atoms with Gasteiger partial charge in [0, 0.05) is 6.92 Å². The van der Waals surface area contributed by atoms with Crippen LogP contribution in [0.5, 0.6) is 0 Å². The van der Waals surface area contributed by atoms with Gasteiger partial charge >= 0.3 is 0 Å². The Morgan fingerprint density at radius 3 is 1.21 bits per heavy atom. The van der Waals surface area contributed by atoms with Crippen molar-refractivity contribution in [3.8, 4) is 6.07 Å². The van der Waals surface area contributed by atoms with Gasteiger partial charge < -0.3 is 0 Å². The Balaban J connectivity index is 0.000000289. The predicted octanol–water partition coefficient (Wildman–Crippen LogP) is 6.20. The minimum absolute atomic E-state index is 0.990. The Labute approximate surface area is 121 Å². The number of hydrogen-bond acceptors (Lipinski definition) is 1. The highest BCUT2D eigenvalue weighted by molar-refractivity contribution is 4.71. The van der Waals surface area contributed by atoms with E-state index in [-0.39, 0.29) is 0 Å². The minimum Gasteiger partial charge on any atom is -0.199 e. The summed E-state index contributed by atoms with van der Waals surface area (Å²) >= 11 is 0.